The number of piperidine rings is 1. The van der Waals surface area contributed by atoms with Crippen molar-refractivity contribution < 1.29 is 4.74 Å². The summed E-state index contributed by atoms with van der Waals surface area (Å²) < 4.78 is 5.26. The molecule has 0 aliphatic carbocycles. The van der Waals surface area contributed by atoms with Crippen molar-refractivity contribution in [1.29, 1.82) is 5.26 Å². The lowest BCUT2D eigenvalue weighted by Gasteiger charge is -2.32. The van der Waals surface area contributed by atoms with E-state index in [1.807, 2.05) is 14.0 Å². The van der Waals surface area contributed by atoms with Crippen molar-refractivity contribution in [3.63, 3.8) is 0 Å². The maximum absolute atomic E-state index is 9.09. The molecule has 1 fully saturated rings. The summed E-state index contributed by atoms with van der Waals surface area (Å²) in [5.74, 6) is 0.709. The van der Waals surface area contributed by atoms with Gasteiger partial charge in [0, 0.05) is 13.7 Å². The number of nitrogens with one attached hydrogen (secondary N) is 1. The highest BCUT2D eigenvalue weighted by atomic mass is 16.5. The van der Waals surface area contributed by atoms with Gasteiger partial charge >= 0.3 is 0 Å². The van der Waals surface area contributed by atoms with E-state index in [9.17, 15) is 0 Å². The van der Waals surface area contributed by atoms with Crippen molar-refractivity contribution in [2.45, 2.75) is 44.6 Å². The molecule has 1 saturated heterocycles. The van der Waals surface area contributed by atoms with E-state index in [1.165, 1.54) is 32.4 Å². The SMILES string of the molecule is CNC(C)(C#N)CCCCN1CCCC(COC)C1. The van der Waals surface area contributed by atoms with Crippen LogP contribution < -0.4 is 5.32 Å². The number of unbranched alkanes of at least 4 members (excludes halogenated alkanes) is 1. The third-order valence-corrected chi connectivity index (χ3v) is 4.21. The summed E-state index contributed by atoms with van der Waals surface area (Å²) in [5.41, 5.74) is -0.361. The molecule has 1 N–H and O–H groups in total. The maximum atomic E-state index is 9.09. The molecule has 0 aromatic heterocycles. The van der Waals surface area contributed by atoms with Gasteiger partial charge in [-0.25, -0.2) is 0 Å². The van der Waals surface area contributed by atoms with Gasteiger partial charge in [-0.3, -0.25) is 0 Å². The van der Waals surface area contributed by atoms with Gasteiger partial charge < -0.3 is 15.0 Å². The van der Waals surface area contributed by atoms with E-state index in [4.69, 9.17) is 10.00 Å². The highest BCUT2D eigenvalue weighted by Crippen LogP contribution is 2.18. The molecular formula is C15H29N3O. The average molecular weight is 267 g/mol. The van der Waals surface area contributed by atoms with Gasteiger partial charge in [0.15, 0.2) is 0 Å². The topological polar surface area (TPSA) is 48.3 Å². The minimum Gasteiger partial charge on any atom is -0.384 e. The summed E-state index contributed by atoms with van der Waals surface area (Å²) in [6.07, 6.45) is 5.81. The Morgan fingerprint density at radius 3 is 2.89 bits per heavy atom. The van der Waals surface area contributed by atoms with Crippen LogP contribution >= 0.6 is 0 Å². The van der Waals surface area contributed by atoms with Crippen LogP contribution in [0.1, 0.15) is 39.0 Å². The van der Waals surface area contributed by atoms with E-state index in [2.05, 4.69) is 16.3 Å². The zero-order valence-corrected chi connectivity index (χ0v) is 12.7. The van der Waals surface area contributed by atoms with Crippen LogP contribution in [0.4, 0.5) is 0 Å². The first-order valence-corrected chi connectivity index (χ1v) is 7.45. The number of hydrogen-bond donors (Lipinski definition) is 1. The summed E-state index contributed by atoms with van der Waals surface area (Å²) in [5, 5.41) is 12.2. The number of nitriles is 1. The second kappa shape index (κ2) is 8.52. The lowest BCUT2D eigenvalue weighted by molar-refractivity contribution is 0.0896. The molecule has 0 bridgehead atoms. The summed E-state index contributed by atoms with van der Waals surface area (Å²) in [7, 11) is 3.66. The van der Waals surface area contributed by atoms with Crippen LogP contribution in [0.15, 0.2) is 0 Å². The molecule has 0 aromatic carbocycles. The summed E-state index contributed by atoms with van der Waals surface area (Å²) in [6.45, 7) is 6.42. The Balaban J connectivity index is 2.17. The van der Waals surface area contributed by atoms with Gasteiger partial charge in [0.1, 0.15) is 5.54 Å². The maximum Gasteiger partial charge on any atom is 0.103 e. The number of hydrogen-bond acceptors (Lipinski definition) is 4. The molecule has 2 unspecified atom stereocenters. The van der Waals surface area contributed by atoms with Gasteiger partial charge in [0.2, 0.25) is 0 Å². The second-order valence-electron chi connectivity index (χ2n) is 5.92. The van der Waals surface area contributed by atoms with E-state index in [0.29, 0.717) is 5.92 Å². The highest BCUT2D eigenvalue weighted by Gasteiger charge is 2.21. The predicted molar refractivity (Wildman–Crippen MR) is 78.0 cm³/mol. The van der Waals surface area contributed by atoms with Crippen molar-refractivity contribution in [1.82, 2.24) is 10.2 Å². The minimum atomic E-state index is -0.361. The summed E-state index contributed by atoms with van der Waals surface area (Å²) in [4.78, 5) is 2.55. The third kappa shape index (κ3) is 5.90. The van der Waals surface area contributed by atoms with Gasteiger partial charge in [0.05, 0.1) is 12.7 Å². The standard InChI is InChI=1S/C15H29N3O/c1-15(13-16,17-2)8-4-5-9-18-10-6-7-14(11-18)12-19-3/h14,17H,4-12H2,1-3H3. The Bertz CT molecular complexity index is 288. The number of ether oxygens (including phenoxy) is 1. The Kier molecular flexibility index (Phi) is 7.37. The normalized spacial score (nSPS) is 23.8. The van der Waals surface area contributed by atoms with Crippen molar-refractivity contribution in [2.75, 3.05) is 40.4 Å². The highest BCUT2D eigenvalue weighted by molar-refractivity contribution is 5.02. The molecule has 2 atom stereocenters. The Morgan fingerprint density at radius 1 is 1.47 bits per heavy atom. The largest absolute Gasteiger partial charge is 0.384 e. The van der Waals surface area contributed by atoms with Crippen LogP contribution in [0.5, 0.6) is 0 Å². The third-order valence-electron chi connectivity index (χ3n) is 4.21. The van der Waals surface area contributed by atoms with Crippen LogP contribution in [0.25, 0.3) is 0 Å². The predicted octanol–water partition coefficient (Wildman–Crippen LogP) is 2.02. The van der Waals surface area contributed by atoms with Gasteiger partial charge in [0.25, 0.3) is 0 Å². The van der Waals surface area contributed by atoms with Crippen molar-refractivity contribution in [2.24, 2.45) is 5.92 Å². The molecule has 1 aliphatic rings. The molecule has 1 rings (SSSR count). The van der Waals surface area contributed by atoms with Crippen LogP contribution in [0, 0.1) is 17.2 Å². The first kappa shape index (κ1) is 16.4. The van der Waals surface area contributed by atoms with Gasteiger partial charge in [-0.2, -0.15) is 5.26 Å². The molecule has 0 radical (unpaired) electrons. The zero-order valence-electron chi connectivity index (χ0n) is 12.7. The Labute approximate surface area is 118 Å². The van der Waals surface area contributed by atoms with E-state index >= 15 is 0 Å². The van der Waals surface area contributed by atoms with E-state index < -0.39 is 0 Å². The molecule has 0 saturated carbocycles. The number of methoxy groups -OCH3 is 1. The lowest BCUT2D eigenvalue weighted by atomic mass is 9.96. The lowest BCUT2D eigenvalue weighted by Crippen LogP contribution is -2.39. The van der Waals surface area contributed by atoms with E-state index in [-0.39, 0.29) is 5.54 Å². The van der Waals surface area contributed by atoms with Crippen molar-refractivity contribution >= 4 is 0 Å². The smallest absolute Gasteiger partial charge is 0.103 e. The molecule has 110 valence electrons. The molecule has 1 heterocycles. The quantitative estimate of drug-likeness (QED) is 0.684. The first-order valence-electron chi connectivity index (χ1n) is 7.45. The van der Waals surface area contributed by atoms with E-state index in [1.54, 1.807) is 7.11 Å². The van der Waals surface area contributed by atoms with Crippen LogP contribution in [-0.2, 0) is 4.74 Å². The monoisotopic (exact) mass is 267 g/mol. The number of likely N-dealkylation sites (tertiary alicyclic amines) is 1. The molecule has 0 aromatic rings. The fourth-order valence-electron chi connectivity index (χ4n) is 2.78. The fourth-order valence-corrected chi connectivity index (χ4v) is 2.78. The minimum absolute atomic E-state index is 0.361. The number of nitrogens with zero attached hydrogens (tertiary/aromatic N) is 2. The molecule has 4 nitrogen and oxygen atoms in total. The summed E-state index contributed by atoms with van der Waals surface area (Å²) >= 11 is 0. The van der Waals surface area contributed by atoms with Crippen molar-refractivity contribution in [3.05, 3.63) is 0 Å². The molecule has 19 heavy (non-hydrogen) atoms. The molecular weight excluding hydrogens is 238 g/mol. The fraction of sp³-hybridized carbons (Fsp3) is 0.933. The Morgan fingerprint density at radius 2 is 2.26 bits per heavy atom. The molecule has 4 heteroatoms. The van der Waals surface area contributed by atoms with Crippen LogP contribution in [-0.4, -0.2) is 50.8 Å². The van der Waals surface area contributed by atoms with Gasteiger partial charge in [-0.1, -0.05) is 0 Å². The molecule has 0 amide bonds. The van der Waals surface area contributed by atoms with E-state index in [0.717, 1.165) is 26.0 Å². The average Bonchev–Trinajstić information content (AvgIpc) is 2.44. The number of rotatable bonds is 8. The summed E-state index contributed by atoms with van der Waals surface area (Å²) in [6, 6.07) is 2.35. The second-order valence-corrected chi connectivity index (χ2v) is 5.92. The zero-order chi connectivity index (χ0) is 14.1. The van der Waals surface area contributed by atoms with Gasteiger partial charge in [-0.15, -0.1) is 0 Å². The van der Waals surface area contributed by atoms with Crippen LogP contribution in [0.2, 0.25) is 0 Å². The molecule has 0 spiro atoms. The molecule has 1 aliphatic heterocycles. The van der Waals surface area contributed by atoms with Crippen molar-refractivity contribution in [3.8, 4) is 6.07 Å². The Hall–Kier alpha value is -0.630. The van der Waals surface area contributed by atoms with Gasteiger partial charge in [-0.05, 0) is 65.1 Å². The first-order chi connectivity index (χ1) is 9.13. The van der Waals surface area contributed by atoms with Crippen LogP contribution in [0.3, 0.4) is 0 Å².